The quantitative estimate of drug-likeness (QED) is 0.258. The Morgan fingerprint density at radius 3 is 2.82 bits per heavy atom. The number of aromatic hydroxyl groups is 1. The van der Waals surface area contributed by atoms with Gasteiger partial charge < -0.3 is 19.8 Å². The standard InChI is InChI=1S/C33H34F3N5O4/c1-2-22-25(35)5-4-19-11-21(42)12-23(27(19)22)29-28(36)30-24(14-37-29)31(40-9-6-18(15-40)10-26(43)44)39-32(38-30)45-17-33-7-3-8-41(33)16-20(34)13-33/h4-5,11-12,14,18,20,42H,2-3,6-10,13,15-17H2,1H3,(H,43,44)/t18?,20-,33+/m1/s1. The third-order valence-corrected chi connectivity index (χ3v) is 9.68. The van der Waals surface area contributed by atoms with Crippen molar-refractivity contribution in [2.24, 2.45) is 5.92 Å². The van der Waals surface area contributed by atoms with Gasteiger partial charge in [-0.15, -0.1) is 0 Å². The lowest BCUT2D eigenvalue weighted by Crippen LogP contribution is -2.43. The minimum atomic E-state index is -0.946. The lowest BCUT2D eigenvalue weighted by Gasteiger charge is -2.31. The van der Waals surface area contributed by atoms with Crippen molar-refractivity contribution in [1.29, 1.82) is 0 Å². The summed E-state index contributed by atoms with van der Waals surface area (Å²) in [7, 11) is 0. The number of fused-ring (bicyclic) bond motifs is 3. The zero-order chi connectivity index (χ0) is 31.5. The first-order valence-electron chi connectivity index (χ1n) is 15.4. The van der Waals surface area contributed by atoms with Crippen LogP contribution in [0.15, 0.2) is 30.5 Å². The molecular formula is C33H34F3N5O4. The number of carbonyl (C=O) groups is 1. The molecule has 3 aliphatic heterocycles. The second-order valence-corrected chi connectivity index (χ2v) is 12.5. The molecule has 9 nitrogen and oxygen atoms in total. The normalized spacial score (nSPS) is 23.3. The molecule has 4 aromatic rings. The summed E-state index contributed by atoms with van der Waals surface area (Å²) < 4.78 is 52.2. The number of rotatable bonds is 8. The number of hydrogen-bond acceptors (Lipinski definition) is 8. The number of ether oxygens (including phenoxy) is 1. The highest BCUT2D eigenvalue weighted by Gasteiger charge is 2.49. The molecule has 0 spiro atoms. The fourth-order valence-electron chi connectivity index (χ4n) is 7.63. The molecule has 3 saturated heterocycles. The second-order valence-electron chi connectivity index (χ2n) is 12.5. The lowest BCUT2D eigenvalue weighted by atomic mass is 9.94. The van der Waals surface area contributed by atoms with Gasteiger partial charge in [-0.1, -0.05) is 13.0 Å². The van der Waals surface area contributed by atoms with Gasteiger partial charge in [-0.05, 0) is 72.7 Å². The first-order valence-corrected chi connectivity index (χ1v) is 15.4. The van der Waals surface area contributed by atoms with Crippen molar-refractivity contribution in [3.63, 3.8) is 0 Å². The van der Waals surface area contributed by atoms with E-state index in [1.54, 1.807) is 6.92 Å². The number of pyridine rings is 1. The smallest absolute Gasteiger partial charge is 0.319 e. The maximum Gasteiger partial charge on any atom is 0.319 e. The Labute approximate surface area is 257 Å². The van der Waals surface area contributed by atoms with Crippen molar-refractivity contribution in [2.45, 2.75) is 57.2 Å². The summed E-state index contributed by atoms with van der Waals surface area (Å²) in [5.74, 6) is -1.97. The molecular weight excluding hydrogens is 587 g/mol. The highest BCUT2D eigenvalue weighted by Crippen LogP contribution is 2.42. The van der Waals surface area contributed by atoms with E-state index in [0.29, 0.717) is 66.4 Å². The number of aromatic nitrogens is 3. The zero-order valence-electron chi connectivity index (χ0n) is 24.9. The molecule has 7 rings (SSSR count). The van der Waals surface area contributed by atoms with E-state index in [0.717, 1.165) is 19.4 Å². The van der Waals surface area contributed by atoms with Crippen LogP contribution >= 0.6 is 0 Å². The predicted molar refractivity (Wildman–Crippen MR) is 162 cm³/mol. The van der Waals surface area contributed by atoms with E-state index in [1.165, 1.54) is 30.5 Å². The fraction of sp³-hybridized carbons (Fsp3) is 0.455. The maximum absolute atomic E-state index is 16.7. The van der Waals surface area contributed by atoms with Crippen LogP contribution in [0.4, 0.5) is 19.0 Å². The van der Waals surface area contributed by atoms with Crippen LogP contribution in [0.3, 0.4) is 0 Å². The highest BCUT2D eigenvalue weighted by atomic mass is 19.1. The van der Waals surface area contributed by atoms with E-state index in [-0.39, 0.29) is 47.5 Å². The molecule has 0 saturated carbocycles. The summed E-state index contributed by atoms with van der Waals surface area (Å²) in [4.78, 5) is 29.0. The van der Waals surface area contributed by atoms with E-state index >= 15 is 4.39 Å². The van der Waals surface area contributed by atoms with E-state index < -0.39 is 29.3 Å². The Morgan fingerprint density at radius 1 is 1.18 bits per heavy atom. The number of nitrogens with zero attached hydrogens (tertiary/aromatic N) is 5. The second kappa shape index (κ2) is 11.3. The van der Waals surface area contributed by atoms with Crippen molar-refractivity contribution in [3.8, 4) is 23.0 Å². The van der Waals surface area contributed by atoms with Crippen molar-refractivity contribution in [2.75, 3.05) is 37.7 Å². The van der Waals surface area contributed by atoms with Crippen LogP contribution in [0.25, 0.3) is 32.9 Å². The van der Waals surface area contributed by atoms with Gasteiger partial charge >= 0.3 is 12.0 Å². The largest absolute Gasteiger partial charge is 0.508 e. The van der Waals surface area contributed by atoms with Crippen LogP contribution < -0.4 is 9.64 Å². The number of anilines is 1. The summed E-state index contributed by atoms with van der Waals surface area (Å²) in [6.45, 7) is 4.00. The SMILES string of the molecule is CCc1c(F)ccc2cc(O)cc(-c3ncc4c(N5CCC(CC(=O)O)C5)nc(OC[C@@]56CCCN5C[C@H](F)C6)nc4c3F)c12. The van der Waals surface area contributed by atoms with Crippen molar-refractivity contribution < 1.29 is 32.9 Å². The van der Waals surface area contributed by atoms with Gasteiger partial charge in [0, 0.05) is 44.2 Å². The van der Waals surface area contributed by atoms with Gasteiger partial charge in [0.15, 0.2) is 5.82 Å². The summed E-state index contributed by atoms with van der Waals surface area (Å²) >= 11 is 0. The van der Waals surface area contributed by atoms with Crippen LogP contribution in [-0.4, -0.2) is 80.5 Å². The third-order valence-electron chi connectivity index (χ3n) is 9.68. The van der Waals surface area contributed by atoms with Gasteiger partial charge in [0.05, 0.1) is 10.9 Å². The fourth-order valence-corrected chi connectivity index (χ4v) is 7.63. The minimum Gasteiger partial charge on any atom is -0.508 e. The summed E-state index contributed by atoms with van der Waals surface area (Å²) in [5.41, 5.74) is -0.0436. The van der Waals surface area contributed by atoms with Gasteiger partial charge in [-0.2, -0.15) is 9.97 Å². The third kappa shape index (κ3) is 5.18. The molecule has 5 heterocycles. The Bertz CT molecular complexity index is 1820. The Balaban J connectivity index is 1.35. The van der Waals surface area contributed by atoms with Gasteiger partial charge in [0.25, 0.3) is 0 Å². The molecule has 1 unspecified atom stereocenters. The van der Waals surface area contributed by atoms with Gasteiger partial charge in [-0.3, -0.25) is 14.7 Å². The van der Waals surface area contributed by atoms with Crippen LogP contribution in [0.2, 0.25) is 0 Å². The Kier molecular flexibility index (Phi) is 7.42. The molecule has 45 heavy (non-hydrogen) atoms. The average Bonchev–Trinajstić information content (AvgIpc) is 3.70. The monoisotopic (exact) mass is 621 g/mol. The van der Waals surface area contributed by atoms with E-state index in [4.69, 9.17) is 4.74 Å². The Morgan fingerprint density at radius 2 is 2.02 bits per heavy atom. The van der Waals surface area contributed by atoms with E-state index in [1.807, 2.05) is 4.90 Å². The molecule has 0 bridgehead atoms. The van der Waals surface area contributed by atoms with Crippen LogP contribution in [0.5, 0.6) is 11.8 Å². The molecule has 2 N–H and O–H groups in total. The van der Waals surface area contributed by atoms with E-state index in [9.17, 15) is 23.8 Å². The number of aliphatic carboxylic acids is 1. The van der Waals surface area contributed by atoms with Crippen molar-refractivity contribution in [1.82, 2.24) is 19.9 Å². The number of phenols is 1. The predicted octanol–water partition coefficient (Wildman–Crippen LogP) is 5.65. The molecule has 0 radical (unpaired) electrons. The molecule has 0 amide bonds. The molecule has 3 fully saturated rings. The summed E-state index contributed by atoms with van der Waals surface area (Å²) in [6.07, 6.45) is 3.53. The topological polar surface area (TPSA) is 112 Å². The van der Waals surface area contributed by atoms with Crippen LogP contribution in [0.1, 0.15) is 44.6 Å². The zero-order valence-corrected chi connectivity index (χ0v) is 24.9. The number of phenolic OH excluding ortho intramolecular Hbond substituents is 1. The van der Waals surface area contributed by atoms with Crippen LogP contribution in [0, 0.1) is 17.6 Å². The van der Waals surface area contributed by atoms with Gasteiger partial charge in [0.1, 0.15) is 41.4 Å². The molecule has 12 heteroatoms. The van der Waals surface area contributed by atoms with Crippen molar-refractivity contribution >= 4 is 33.5 Å². The average molecular weight is 622 g/mol. The highest BCUT2D eigenvalue weighted by molar-refractivity contribution is 6.01. The molecule has 2 aromatic heterocycles. The number of aryl methyl sites for hydroxylation is 1. The van der Waals surface area contributed by atoms with Gasteiger partial charge in [0.2, 0.25) is 0 Å². The molecule has 236 valence electrons. The van der Waals surface area contributed by atoms with E-state index in [2.05, 4.69) is 19.9 Å². The molecule has 3 aliphatic rings. The number of hydrogen-bond donors (Lipinski definition) is 2. The molecule has 2 aromatic carbocycles. The summed E-state index contributed by atoms with van der Waals surface area (Å²) in [5, 5.41) is 21.2. The summed E-state index contributed by atoms with van der Waals surface area (Å²) in [6, 6.07) is 5.66. The number of benzene rings is 2. The number of halogens is 3. The number of alkyl halides is 1. The van der Waals surface area contributed by atoms with Crippen molar-refractivity contribution in [3.05, 3.63) is 47.7 Å². The van der Waals surface area contributed by atoms with Gasteiger partial charge in [-0.25, -0.2) is 13.2 Å². The number of carboxylic acid groups (broad SMARTS) is 1. The lowest BCUT2D eigenvalue weighted by molar-refractivity contribution is -0.137. The first kappa shape index (κ1) is 29.5. The number of carboxylic acids is 1. The maximum atomic E-state index is 16.7. The van der Waals surface area contributed by atoms with Crippen LogP contribution in [-0.2, 0) is 11.2 Å². The molecule has 3 atom stereocenters. The minimum absolute atomic E-state index is 0.00325. The molecule has 0 aliphatic carbocycles. The first-order chi connectivity index (χ1) is 21.7. The Hall–Kier alpha value is -4.19.